The van der Waals surface area contributed by atoms with Crippen LogP contribution >= 0.6 is 0 Å². The molecule has 0 aliphatic heterocycles. The zero-order chi connectivity index (χ0) is 11.6. The van der Waals surface area contributed by atoms with E-state index < -0.39 is 5.79 Å². The van der Waals surface area contributed by atoms with Gasteiger partial charge in [0.2, 0.25) is 0 Å². The van der Waals surface area contributed by atoms with Crippen LogP contribution in [0.2, 0.25) is 0 Å². The first-order valence-electron chi connectivity index (χ1n) is 5.91. The maximum Gasteiger partial charge on any atom is 0.182 e. The molecule has 0 aliphatic rings. The van der Waals surface area contributed by atoms with Crippen LogP contribution in [0, 0.1) is 0 Å². The van der Waals surface area contributed by atoms with Crippen LogP contribution in [0.15, 0.2) is 24.3 Å². The second kappa shape index (κ2) is 8.69. The predicted octanol–water partition coefficient (Wildman–Crippen LogP) is 3.16. The van der Waals surface area contributed by atoms with Crippen LogP contribution in [0.4, 0.5) is 0 Å². The van der Waals surface area contributed by atoms with Gasteiger partial charge in [-0.1, -0.05) is 51.3 Å². The van der Waals surface area contributed by atoms with Gasteiger partial charge in [-0.2, -0.15) is 0 Å². The fourth-order valence-electron chi connectivity index (χ4n) is 1.23. The standard InChI is InChI=1S/C13H24O2/c1-3-5-7-8-9-10-12-13(14,15)11-6-4-2/h8-10,12,14-15H,3-7,11H2,1-2H3/b9-8+,12-10+. The van der Waals surface area contributed by atoms with E-state index in [0.29, 0.717) is 6.42 Å². The van der Waals surface area contributed by atoms with Gasteiger partial charge in [0.05, 0.1) is 0 Å². The first kappa shape index (κ1) is 14.4. The van der Waals surface area contributed by atoms with E-state index in [0.717, 1.165) is 19.3 Å². The quantitative estimate of drug-likeness (QED) is 0.368. The van der Waals surface area contributed by atoms with Crippen LogP contribution in [0.5, 0.6) is 0 Å². The Morgan fingerprint density at radius 2 is 1.67 bits per heavy atom. The van der Waals surface area contributed by atoms with Crippen molar-refractivity contribution in [3.8, 4) is 0 Å². The molecule has 0 heterocycles. The van der Waals surface area contributed by atoms with Crippen molar-refractivity contribution in [2.24, 2.45) is 0 Å². The molecule has 0 saturated heterocycles. The Morgan fingerprint density at radius 3 is 2.27 bits per heavy atom. The number of aliphatic hydroxyl groups is 2. The summed E-state index contributed by atoms with van der Waals surface area (Å²) >= 11 is 0. The fraction of sp³-hybridized carbons (Fsp3) is 0.692. The molecule has 0 rings (SSSR count). The third-order valence-electron chi connectivity index (χ3n) is 2.23. The van der Waals surface area contributed by atoms with Crippen molar-refractivity contribution in [3.05, 3.63) is 24.3 Å². The van der Waals surface area contributed by atoms with E-state index in [9.17, 15) is 10.2 Å². The highest BCUT2D eigenvalue weighted by molar-refractivity contribution is 5.06. The van der Waals surface area contributed by atoms with Crippen molar-refractivity contribution in [2.75, 3.05) is 0 Å². The van der Waals surface area contributed by atoms with Gasteiger partial charge < -0.3 is 10.2 Å². The Bertz CT molecular complexity index is 193. The number of allylic oxidation sites excluding steroid dienone is 3. The first-order valence-corrected chi connectivity index (χ1v) is 5.91. The molecular weight excluding hydrogens is 188 g/mol. The molecule has 0 saturated carbocycles. The fourth-order valence-corrected chi connectivity index (χ4v) is 1.23. The molecule has 0 aromatic rings. The van der Waals surface area contributed by atoms with Gasteiger partial charge in [-0.15, -0.1) is 0 Å². The smallest absolute Gasteiger partial charge is 0.182 e. The van der Waals surface area contributed by atoms with Gasteiger partial charge in [0.25, 0.3) is 0 Å². The average molecular weight is 212 g/mol. The summed E-state index contributed by atoms with van der Waals surface area (Å²) < 4.78 is 0. The zero-order valence-electron chi connectivity index (χ0n) is 9.95. The third kappa shape index (κ3) is 9.70. The molecule has 0 aliphatic carbocycles. The van der Waals surface area contributed by atoms with Crippen LogP contribution in [0.25, 0.3) is 0 Å². The second-order valence-corrected chi connectivity index (χ2v) is 3.91. The lowest BCUT2D eigenvalue weighted by Gasteiger charge is -2.16. The summed E-state index contributed by atoms with van der Waals surface area (Å²) in [6.45, 7) is 4.19. The molecule has 0 aromatic heterocycles. The van der Waals surface area contributed by atoms with Gasteiger partial charge in [-0.3, -0.25) is 0 Å². The maximum absolute atomic E-state index is 9.48. The molecule has 2 heteroatoms. The third-order valence-corrected chi connectivity index (χ3v) is 2.23. The topological polar surface area (TPSA) is 40.5 Å². The monoisotopic (exact) mass is 212 g/mol. The first-order chi connectivity index (χ1) is 7.12. The Labute approximate surface area is 93.3 Å². The molecule has 0 amide bonds. The Kier molecular flexibility index (Phi) is 8.34. The van der Waals surface area contributed by atoms with E-state index in [1.54, 1.807) is 6.08 Å². The summed E-state index contributed by atoms with van der Waals surface area (Å²) in [6, 6.07) is 0. The second-order valence-electron chi connectivity index (χ2n) is 3.91. The number of hydrogen-bond acceptors (Lipinski definition) is 2. The number of rotatable bonds is 8. The van der Waals surface area contributed by atoms with E-state index in [-0.39, 0.29) is 0 Å². The van der Waals surface area contributed by atoms with Crippen molar-refractivity contribution < 1.29 is 10.2 Å². The van der Waals surface area contributed by atoms with E-state index in [1.807, 2.05) is 13.0 Å². The van der Waals surface area contributed by atoms with Crippen molar-refractivity contribution >= 4 is 0 Å². The molecule has 88 valence electrons. The van der Waals surface area contributed by atoms with E-state index >= 15 is 0 Å². The highest BCUT2D eigenvalue weighted by Gasteiger charge is 2.16. The van der Waals surface area contributed by atoms with Crippen molar-refractivity contribution in [1.82, 2.24) is 0 Å². The van der Waals surface area contributed by atoms with Gasteiger partial charge in [-0.05, 0) is 18.9 Å². The zero-order valence-corrected chi connectivity index (χ0v) is 9.95. The van der Waals surface area contributed by atoms with Crippen LogP contribution in [0.3, 0.4) is 0 Å². The predicted molar refractivity (Wildman–Crippen MR) is 64.5 cm³/mol. The largest absolute Gasteiger partial charge is 0.362 e. The van der Waals surface area contributed by atoms with Crippen LogP contribution in [-0.2, 0) is 0 Å². The van der Waals surface area contributed by atoms with Gasteiger partial charge in [0.1, 0.15) is 0 Å². The van der Waals surface area contributed by atoms with Gasteiger partial charge in [-0.25, -0.2) is 0 Å². The maximum atomic E-state index is 9.48. The Hall–Kier alpha value is -0.600. The highest BCUT2D eigenvalue weighted by atomic mass is 16.5. The van der Waals surface area contributed by atoms with Gasteiger partial charge in [0, 0.05) is 6.42 Å². The lowest BCUT2D eigenvalue weighted by atomic mass is 10.1. The molecule has 0 bridgehead atoms. The summed E-state index contributed by atoms with van der Waals surface area (Å²) in [4.78, 5) is 0. The minimum absolute atomic E-state index is 0.406. The minimum atomic E-state index is -1.63. The van der Waals surface area contributed by atoms with Crippen molar-refractivity contribution in [2.45, 2.75) is 58.2 Å². The Balaban J connectivity index is 3.77. The van der Waals surface area contributed by atoms with E-state index in [4.69, 9.17) is 0 Å². The number of hydrogen-bond donors (Lipinski definition) is 2. The summed E-state index contributed by atoms with van der Waals surface area (Å²) in [6.07, 6.45) is 12.7. The minimum Gasteiger partial charge on any atom is -0.362 e. The van der Waals surface area contributed by atoms with Crippen LogP contribution in [-0.4, -0.2) is 16.0 Å². The lowest BCUT2D eigenvalue weighted by Crippen LogP contribution is -2.24. The van der Waals surface area contributed by atoms with Gasteiger partial charge in [0.15, 0.2) is 5.79 Å². The van der Waals surface area contributed by atoms with Crippen LogP contribution < -0.4 is 0 Å². The highest BCUT2D eigenvalue weighted by Crippen LogP contribution is 2.12. The molecule has 2 N–H and O–H groups in total. The van der Waals surface area contributed by atoms with Crippen molar-refractivity contribution in [1.29, 1.82) is 0 Å². The molecule has 0 atom stereocenters. The van der Waals surface area contributed by atoms with E-state index in [1.165, 1.54) is 18.9 Å². The number of unbranched alkanes of at least 4 members (excludes halogenated alkanes) is 3. The molecule has 0 aromatic carbocycles. The molecule has 15 heavy (non-hydrogen) atoms. The normalized spacial score (nSPS) is 13.1. The van der Waals surface area contributed by atoms with E-state index in [2.05, 4.69) is 13.0 Å². The lowest BCUT2D eigenvalue weighted by molar-refractivity contribution is -0.123. The van der Waals surface area contributed by atoms with Crippen LogP contribution in [0.1, 0.15) is 52.4 Å². The summed E-state index contributed by atoms with van der Waals surface area (Å²) in [5.74, 6) is -1.63. The van der Waals surface area contributed by atoms with Gasteiger partial charge >= 0.3 is 0 Å². The summed E-state index contributed by atoms with van der Waals surface area (Å²) in [7, 11) is 0. The molecule has 0 spiro atoms. The summed E-state index contributed by atoms with van der Waals surface area (Å²) in [5, 5.41) is 19.0. The Morgan fingerprint density at radius 1 is 1.00 bits per heavy atom. The summed E-state index contributed by atoms with van der Waals surface area (Å²) in [5.41, 5.74) is 0. The average Bonchev–Trinajstić information content (AvgIpc) is 2.20. The molecule has 0 unspecified atom stereocenters. The molecule has 2 nitrogen and oxygen atoms in total. The molecule has 0 radical (unpaired) electrons. The van der Waals surface area contributed by atoms with Crippen molar-refractivity contribution in [3.63, 3.8) is 0 Å². The molecule has 0 fully saturated rings. The SMILES string of the molecule is CCCC/C=C/C=C/C(O)(O)CCCC. The molecular formula is C13H24O2.